The number of fused-ring (bicyclic) bond motifs is 1. The van der Waals surface area contributed by atoms with Gasteiger partial charge in [0.2, 0.25) is 11.8 Å². The third-order valence-electron chi connectivity index (χ3n) is 7.18. The van der Waals surface area contributed by atoms with Gasteiger partial charge in [0, 0.05) is 51.9 Å². The first-order valence-corrected chi connectivity index (χ1v) is 14.8. The summed E-state index contributed by atoms with van der Waals surface area (Å²) in [5, 5.41) is 3.19. The van der Waals surface area contributed by atoms with Crippen LogP contribution in [-0.4, -0.2) is 71.4 Å². The first kappa shape index (κ1) is 34.7. The van der Waals surface area contributed by atoms with Crippen molar-refractivity contribution in [2.24, 2.45) is 5.41 Å². The standard InChI is InChI=1S/C33H45F3N4O4/c1-31(2,3)19-28(41)39-16-15-25-23(21-39)12-10-14-27(25)37-20-29(42)40(18-17-38(7)30(43)44-32(4,5)6)22-24-11-8-9-13-26(24)33(34,35)36/h8-14,37H,15-22H2,1-7H3. The highest BCUT2D eigenvalue weighted by molar-refractivity contribution is 5.82. The minimum atomic E-state index is -4.58. The Bertz CT molecular complexity index is 1330. The number of ether oxygens (including phenoxy) is 1. The molecule has 44 heavy (non-hydrogen) atoms. The van der Waals surface area contributed by atoms with Crippen LogP contribution in [0.4, 0.5) is 23.7 Å². The number of nitrogens with one attached hydrogen (secondary N) is 1. The molecule has 0 unspecified atom stereocenters. The van der Waals surface area contributed by atoms with E-state index in [1.165, 1.54) is 35.0 Å². The van der Waals surface area contributed by atoms with Gasteiger partial charge in [-0.05, 0) is 61.4 Å². The average Bonchev–Trinajstić information content (AvgIpc) is 2.91. The molecule has 0 bridgehead atoms. The number of rotatable bonds is 9. The van der Waals surface area contributed by atoms with Crippen molar-refractivity contribution in [1.82, 2.24) is 14.7 Å². The van der Waals surface area contributed by atoms with E-state index in [1.807, 2.05) is 43.9 Å². The lowest BCUT2D eigenvalue weighted by Crippen LogP contribution is -2.43. The molecule has 1 aliphatic rings. The molecule has 8 nitrogen and oxygen atoms in total. The monoisotopic (exact) mass is 618 g/mol. The van der Waals surface area contributed by atoms with Gasteiger partial charge < -0.3 is 24.8 Å². The number of halogens is 3. The van der Waals surface area contributed by atoms with Crippen molar-refractivity contribution in [3.8, 4) is 0 Å². The second-order valence-corrected chi connectivity index (χ2v) is 13.5. The van der Waals surface area contributed by atoms with E-state index in [-0.39, 0.29) is 43.1 Å². The Hall–Kier alpha value is -3.76. The molecule has 0 atom stereocenters. The molecule has 0 aliphatic carbocycles. The smallest absolute Gasteiger partial charge is 0.416 e. The number of hydrogen-bond donors (Lipinski definition) is 1. The lowest BCUT2D eigenvalue weighted by Gasteiger charge is -2.32. The largest absolute Gasteiger partial charge is 0.444 e. The normalized spacial score (nSPS) is 13.6. The lowest BCUT2D eigenvalue weighted by atomic mass is 9.90. The van der Waals surface area contributed by atoms with Crippen LogP contribution in [0.5, 0.6) is 0 Å². The van der Waals surface area contributed by atoms with Crippen molar-refractivity contribution in [2.45, 2.75) is 79.3 Å². The minimum Gasteiger partial charge on any atom is -0.444 e. The van der Waals surface area contributed by atoms with Gasteiger partial charge in [-0.15, -0.1) is 0 Å². The van der Waals surface area contributed by atoms with Crippen LogP contribution in [0, 0.1) is 5.41 Å². The lowest BCUT2D eigenvalue weighted by molar-refractivity contribution is -0.139. The Morgan fingerprint density at radius 3 is 2.27 bits per heavy atom. The molecule has 1 aliphatic heterocycles. The van der Waals surface area contributed by atoms with Crippen LogP contribution in [0.25, 0.3) is 0 Å². The van der Waals surface area contributed by atoms with Crippen LogP contribution in [0.1, 0.15) is 70.2 Å². The van der Waals surface area contributed by atoms with Gasteiger partial charge in [-0.3, -0.25) is 9.59 Å². The average molecular weight is 619 g/mol. The maximum atomic E-state index is 13.8. The Morgan fingerprint density at radius 1 is 0.955 bits per heavy atom. The summed E-state index contributed by atoms with van der Waals surface area (Å²) in [5.74, 6) is -0.322. The number of likely N-dealkylation sites (N-methyl/N-ethyl adjacent to an activating group) is 1. The number of alkyl halides is 3. The predicted molar refractivity (Wildman–Crippen MR) is 164 cm³/mol. The molecule has 0 spiro atoms. The number of amides is 3. The number of hydrogen-bond acceptors (Lipinski definition) is 5. The summed E-state index contributed by atoms with van der Waals surface area (Å²) in [6.07, 6.45) is -4.11. The van der Waals surface area contributed by atoms with E-state index in [2.05, 4.69) is 5.32 Å². The van der Waals surface area contributed by atoms with Crippen LogP contribution < -0.4 is 5.32 Å². The van der Waals surface area contributed by atoms with E-state index in [1.54, 1.807) is 20.8 Å². The molecule has 1 N–H and O–H groups in total. The minimum absolute atomic E-state index is 0.000191. The van der Waals surface area contributed by atoms with Gasteiger partial charge in [0.1, 0.15) is 5.60 Å². The van der Waals surface area contributed by atoms with Gasteiger partial charge in [0.05, 0.1) is 12.1 Å². The first-order valence-electron chi connectivity index (χ1n) is 14.8. The van der Waals surface area contributed by atoms with E-state index < -0.39 is 29.3 Å². The van der Waals surface area contributed by atoms with Gasteiger partial charge in [-0.25, -0.2) is 4.79 Å². The second-order valence-electron chi connectivity index (χ2n) is 13.5. The maximum Gasteiger partial charge on any atom is 0.416 e. The molecule has 0 aromatic heterocycles. The molecule has 11 heteroatoms. The van der Waals surface area contributed by atoms with E-state index >= 15 is 0 Å². The molecule has 0 saturated carbocycles. The summed E-state index contributed by atoms with van der Waals surface area (Å²) in [7, 11) is 1.52. The highest BCUT2D eigenvalue weighted by atomic mass is 19.4. The van der Waals surface area contributed by atoms with Crippen molar-refractivity contribution < 1.29 is 32.3 Å². The number of carbonyl (C=O) groups excluding carboxylic acids is 3. The Balaban J connectivity index is 1.76. The summed E-state index contributed by atoms with van der Waals surface area (Å²) >= 11 is 0. The fourth-order valence-corrected chi connectivity index (χ4v) is 4.97. The highest BCUT2D eigenvalue weighted by Gasteiger charge is 2.34. The SMILES string of the molecule is CN(CCN(Cc1ccccc1C(F)(F)F)C(=O)CNc1cccc2c1CCN(C(=O)CC(C)(C)C)C2)C(=O)OC(C)(C)C. The van der Waals surface area contributed by atoms with Crippen LogP contribution >= 0.6 is 0 Å². The van der Waals surface area contributed by atoms with Crippen molar-refractivity contribution in [1.29, 1.82) is 0 Å². The Morgan fingerprint density at radius 2 is 1.64 bits per heavy atom. The van der Waals surface area contributed by atoms with Crippen molar-refractivity contribution in [3.63, 3.8) is 0 Å². The van der Waals surface area contributed by atoms with Crippen molar-refractivity contribution in [2.75, 3.05) is 38.5 Å². The molecular formula is C33H45F3N4O4. The second kappa shape index (κ2) is 13.9. The topological polar surface area (TPSA) is 82.2 Å². The van der Waals surface area contributed by atoms with E-state index in [9.17, 15) is 27.6 Å². The van der Waals surface area contributed by atoms with E-state index in [0.29, 0.717) is 25.9 Å². The third-order valence-corrected chi connectivity index (χ3v) is 7.18. The van der Waals surface area contributed by atoms with Gasteiger partial charge >= 0.3 is 12.3 Å². The molecule has 242 valence electrons. The molecule has 0 fully saturated rings. The zero-order valence-corrected chi connectivity index (χ0v) is 26.8. The number of nitrogens with zero attached hydrogens (tertiary/aromatic N) is 3. The van der Waals surface area contributed by atoms with E-state index in [4.69, 9.17) is 4.74 Å². The fourth-order valence-electron chi connectivity index (χ4n) is 4.97. The molecule has 0 radical (unpaired) electrons. The summed E-state index contributed by atoms with van der Waals surface area (Å²) in [6.45, 7) is 12.0. The summed E-state index contributed by atoms with van der Waals surface area (Å²) < 4.78 is 46.6. The molecule has 0 saturated heterocycles. The van der Waals surface area contributed by atoms with Gasteiger partial charge in [-0.1, -0.05) is 51.1 Å². The number of carbonyl (C=O) groups is 3. The van der Waals surface area contributed by atoms with Crippen LogP contribution in [0.15, 0.2) is 42.5 Å². The fraction of sp³-hybridized carbons (Fsp3) is 0.545. The zero-order valence-electron chi connectivity index (χ0n) is 26.8. The summed E-state index contributed by atoms with van der Waals surface area (Å²) in [4.78, 5) is 43.3. The first-order chi connectivity index (χ1) is 20.3. The molecule has 3 rings (SSSR count). The maximum absolute atomic E-state index is 13.8. The van der Waals surface area contributed by atoms with Gasteiger partial charge in [0.25, 0.3) is 0 Å². The van der Waals surface area contributed by atoms with E-state index in [0.717, 1.165) is 22.9 Å². The quantitative estimate of drug-likeness (QED) is 0.355. The third kappa shape index (κ3) is 10.2. The zero-order chi connectivity index (χ0) is 32.9. The molecule has 3 amide bonds. The molecule has 2 aromatic carbocycles. The number of anilines is 1. The Kier molecular flexibility index (Phi) is 11.0. The highest BCUT2D eigenvalue weighted by Crippen LogP contribution is 2.33. The van der Waals surface area contributed by atoms with Gasteiger partial charge in [0.15, 0.2) is 0 Å². The summed E-state index contributed by atoms with van der Waals surface area (Å²) in [5.41, 5.74) is 1.07. The van der Waals surface area contributed by atoms with Crippen LogP contribution in [0.3, 0.4) is 0 Å². The van der Waals surface area contributed by atoms with Crippen molar-refractivity contribution in [3.05, 3.63) is 64.7 Å². The molecular weight excluding hydrogens is 573 g/mol. The summed E-state index contributed by atoms with van der Waals surface area (Å²) in [6, 6.07) is 10.8. The van der Waals surface area contributed by atoms with Crippen LogP contribution in [-0.2, 0) is 40.0 Å². The predicted octanol–water partition coefficient (Wildman–Crippen LogP) is 6.33. The molecule has 1 heterocycles. The molecule has 2 aromatic rings. The van der Waals surface area contributed by atoms with Crippen LogP contribution in [0.2, 0.25) is 0 Å². The van der Waals surface area contributed by atoms with Crippen molar-refractivity contribution >= 4 is 23.6 Å². The number of benzene rings is 2. The van der Waals surface area contributed by atoms with Gasteiger partial charge in [-0.2, -0.15) is 13.2 Å². The Labute approximate surface area is 258 Å².